The summed E-state index contributed by atoms with van der Waals surface area (Å²) in [6.45, 7) is 0. The van der Waals surface area contributed by atoms with E-state index in [1.165, 1.54) is 0 Å². The Morgan fingerprint density at radius 3 is 1.73 bits per heavy atom. The standard InChI is InChI=1S/C2H3NO7S/c4-1(2(5)6)3(7)11(8,9)10/h7H,(H,5,6)(H,8,9,10). The third-order valence-corrected chi connectivity index (χ3v) is 1.18. The molecule has 0 aliphatic rings. The van der Waals surface area contributed by atoms with Crippen molar-refractivity contribution in [2.75, 3.05) is 0 Å². The molecule has 0 aliphatic heterocycles. The number of hydrogen-bond donors (Lipinski definition) is 3. The summed E-state index contributed by atoms with van der Waals surface area (Å²) in [6, 6.07) is 0. The van der Waals surface area contributed by atoms with Crippen LogP contribution in [-0.4, -0.2) is 39.6 Å². The quantitative estimate of drug-likeness (QED) is 0.188. The van der Waals surface area contributed by atoms with E-state index in [0.29, 0.717) is 0 Å². The van der Waals surface area contributed by atoms with Crippen molar-refractivity contribution < 1.29 is 32.9 Å². The zero-order valence-corrected chi connectivity index (χ0v) is 5.65. The van der Waals surface area contributed by atoms with Crippen molar-refractivity contribution >= 4 is 22.2 Å². The van der Waals surface area contributed by atoms with Crippen LogP contribution in [0.1, 0.15) is 0 Å². The molecule has 11 heavy (non-hydrogen) atoms. The zero-order valence-electron chi connectivity index (χ0n) is 4.83. The number of carboxylic acid groups (broad SMARTS) is 1. The molecule has 0 rings (SSSR count). The second kappa shape index (κ2) is 2.82. The van der Waals surface area contributed by atoms with Crippen LogP contribution in [0, 0.1) is 0 Å². The SMILES string of the molecule is O=C(O)C(=O)N(O)S(=O)(=O)O. The molecule has 64 valence electrons. The molecule has 3 N–H and O–H groups in total. The first-order valence-corrected chi connectivity index (χ1v) is 3.40. The third-order valence-electron chi connectivity index (χ3n) is 0.575. The van der Waals surface area contributed by atoms with Gasteiger partial charge < -0.3 is 5.11 Å². The zero-order chi connectivity index (χ0) is 9.23. The fraction of sp³-hybridized carbons (Fsp3) is 0. The molecule has 0 aliphatic carbocycles. The summed E-state index contributed by atoms with van der Waals surface area (Å²) in [5.41, 5.74) is 0. The Morgan fingerprint density at radius 2 is 1.64 bits per heavy atom. The third kappa shape index (κ3) is 2.49. The lowest BCUT2D eigenvalue weighted by Gasteiger charge is -2.05. The van der Waals surface area contributed by atoms with Gasteiger partial charge in [0.25, 0.3) is 0 Å². The van der Waals surface area contributed by atoms with E-state index in [4.69, 9.17) is 14.9 Å². The highest BCUT2D eigenvalue weighted by Crippen LogP contribution is 1.91. The van der Waals surface area contributed by atoms with E-state index in [9.17, 15) is 18.0 Å². The molecule has 0 spiro atoms. The van der Waals surface area contributed by atoms with E-state index in [1.54, 1.807) is 0 Å². The van der Waals surface area contributed by atoms with E-state index in [0.717, 1.165) is 0 Å². The van der Waals surface area contributed by atoms with Crippen molar-refractivity contribution in [3.05, 3.63) is 0 Å². The first kappa shape index (κ1) is 9.81. The maximum absolute atomic E-state index is 10.0. The van der Waals surface area contributed by atoms with Crippen LogP contribution < -0.4 is 0 Å². The minimum Gasteiger partial charge on any atom is -0.474 e. The highest BCUT2D eigenvalue weighted by atomic mass is 32.2. The Morgan fingerprint density at radius 1 is 1.27 bits per heavy atom. The topological polar surface area (TPSA) is 132 Å². The number of nitrogens with zero attached hydrogens (tertiary/aromatic N) is 1. The van der Waals surface area contributed by atoms with Crippen LogP contribution in [0.5, 0.6) is 0 Å². The minimum absolute atomic E-state index is 1.28. The van der Waals surface area contributed by atoms with E-state index in [-0.39, 0.29) is 0 Å². The summed E-state index contributed by atoms with van der Waals surface area (Å²) in [5, 5.41) is 15.9. The molecule has 1 amide bonds. The molecule has 0 saturated carbocycles. The summed E-state index contributed by atoms with van der Waals surface area (Å²) >= 11 is 0. The number of carbonyl (C=O) groups excluding carboxylic acids is 1. The van der Waals surface area contributed by atoms with Crippen LogP contribution in [0.15, 0.2) is 0 Å². The van der Waals surface area contributed by atoms with Crippen LogP contribution >= 0.6 is 0 Å². The minimum atomic E-state index is -5.19. The van der Waals surface area contributed by atoms with Gasteiger partial charge in [-0.25, -0.2) is 4.79 Å². The number of aliphatic carboxylic acids is 1. The fourth-order valence-corrected chi connectivity index (χ4v) is 0.474. The van der Waals surface area contributed by atoms with Crippen LogP contribution in [0.2, 0.25) is 0 Å². The highest BCUT2D eigenvalue weighted by Gasteiger charge is 2.28. The molecule has 0 radical (unpaired) electrons. The molecule has 0 aromatic rings. The summed E-state index contributed by atoms with van der Waals surface area (Å²) < 4.78 is 26.2. The molecule has 0 heterocycles. The second-order valence-electron chi connectivity index (χ2n) is 1.33. The number of rotatable bonds is 1. The summed E-state index contributed by atoms with van der Waals surface area (Å²) in [5.74, 6) is -4.36. The smallest absolute Gasteiger partial charge is 0.398 e. The van der Waals surface area contributed by atoms with E-state index < -0.39 is 26.6 Å². The van der Waals surface area contributed by atoms with Gasteiger partial charge in [-0.1, -0.05) is 4.47 Å². The van der Waals surface area contributed by atoms with Crippen molar-refractivity contribution in [1.29, 1.82) is 0 Å². The maximum atomic E-state index is 10.0. The normalized spacial score (nSPS) is 10.7. The average Bonchev–Trinajstić information content (AvgIpc) is 1.82. The Kier molecular flexibility index (Phi) is 2.51. The predicted octanol–water partition coefficient (Wildman–Crippen LogP) is -1.91. The Hall–Kier alpha value is -1.19. The highest BCUT2D eigenvalue weighted by molar-refractivity contribution is 7.83. The summed E-state index contributed by atoms with van der Waals surface area (Å²) in [4.78, 5) is 19.7. The van der Waals surface area contributed by atoms with Gasteiger partial charge in [-0.3, -0.25) is 14.6 Å². The maximum Gasteiger partial charge on any atom is 0.398 e. The average molecular weight is 185 g/mol. The molecule has 0 atom stereocenters. The number of amides is 1. The van der Waals surface area contributed by atoms with Crippen LogP contribution in [0.4, 0.5) is 0 Å². The van der Waals surface area contributed by atoms with Gasteiger partial charge in [0, 0.05) is 0 Å². The van der Waals surface area contributed by atoms with Crippen LogP contribution in [-0.2, 0) is 19.9 Å². The van der Waals surface area contributed by atoms with Gasteiger partial charge in [0.1, 0.15) is 0 Å². The van der Waals surface area contributed by atoms with Gasteiger partial charge in [-0.2, -0.15) is 8.42 Å². The molecule has 0 aromatic carbocycles. The summed E-state index contributed by atoms with van der Waals surface area (Å²) in [7, 11) is -5.19. The molecule has 0 aromatic heterocycles. The molecule has 0 saturated heterocycles. The number of hydroxylamine groups is 1. The second-order valence-corrected chi connectivity index (χ2v) is 2.57. The van der Waals surface area contributed by atoms with Gasteiger partial charge in [0.15, 0.2) is 0 Å². The van der Waals surface area contributed by atoms with Crippen molar-refractivity contribution in [2.24, 2.45) is 0 Å². The molecular weight excluding hydrogens is 182 g/mol. The molecule has 0 bridgehead atoms. The Labute approximate surface area is 60.5 Å². The van der Waals surface area contributed by atoms with Crippen molar-refractivity contribution in [3.63, 3.8) is 0 Å². The van der Waals surface area contributed by atoms with Gasteiger partial charge in [0.2, 0.25) is 0 Å². The van der Waals surface area contributed by atoms with Crippen LogP contribution in [0.25, 0.3) is 0 Å². The van der Waals surface area contributed by atoms with Gasteiger partial charge in [0.05, 0.1) is 0 Å². The van der Waals surface area contributed by atoms with Crippen molar-refractivity contribution in [1.82, 2.24) is 4.47 Å². The molecule has 9 heteroatoms. The number of carbonyl (C=O) groups is 2. The van der Waals surface area contributed by atoms with Crippen LogP contribution in [0.3, 0.4) is 0 Å². The van der Waals surface area contributed by atoms with Gasteiger partial charge in [-0.15, -0.1) is 0 Å². The number of carboxylic acids is 1. The number of hydrogen-bond acceptors (Lipinski definition) is 5. The summed E-state index contributed by atoms with van der Waals surface area (Å²) in [6.07, 6.45) is 0. The first-order chi connectivity index (χ1) is 4.76. The lowest BCUT2D eigenvalue weighted by molar-refractivity contribution is -0.165. The van der Waals surface area contributed by atoms with Gasteiger partial charge in [-0.05, 0) is 0 Å². The van der Waals surface area contributed by atoms with Crippen molar-refractivity contribution in [2.45, 2.75) is 0 Å². The van der Waals surface area contributed by atoms with Crippen molar-refractivity contribution in [3.8, 4) is 0 Å². The van der Waals surface area contributed by atoms with E-state index in [2.05, 4.69) is 0 Å². The molecule has 0 fully saturated rings. The predicted molar refractivity (Wildman–Crippen MR) is 27.8 cm³/mol. The Bertz CT molecular complexity index is 277. The lowest BCUT2D eigenvalue weighted by Crippen LogP contribution is -2.37. The molecular formula is C2H3NO7S. The molecule has 0 unspecified atom stereocenters. The van der Waals surface area contributed by atoms with E-state index >= 15 is 0 Å². The monoisotopic (exact) mass is 185 g/mol. The molecule has 8 nitrogen and oxygen atoms in total. The first-order valence-electron chi connectivity index (χ1n) is 2.00. The van der Waals surface area contributed by atoms with Gasteiger partial charge >= 0.3 is 22.2 Å². The lowest BCUT2D eigenvalue weighted by atomic mass is 10.7. The largest absolute Gasteiger partial charge is 0.474 e. The fourth-order valence-electron chi connectivity index (χ4n) is 0.187. The van der Waals surface area contributed by atoms with E-state index in [1.807, 2.05) is 0 Å². The Balaban J connectivity index is 4.66.